The molecule has 5 unspecified atom stereocenters. The summed E-state index contributed by atoms with van der Waals surface area (Å²) >= 11 is 0. The summed E-state index contributed by atoms with van der Waals surface area (Å²) in [6, 6.07) is 22.2. The van der Waals surface area contributed by atoms with Gasteiger partial charge in [-0.2, -0.15) is 21.4 Å². The van der Waals surface area contributed by atoms with Gasteiger partial charge in [0, 0.05) is 95.5 Å². The first kappa shape index (κ1) is 55.3. The van der Waals surface area contributed by atoms with Crippen molar-refractivity contribution >= 4 is 54.9 Å². The number of rotatable bonds is 18. The smallest absolute Gasteiger partial charge is 0.303 e. The SMILES string of the molecule is CC(CCC(=O)Cc1ccc2c(c1)C(C)(C)c1cc3c(cc1-2)C(C)(CCCCCC(=O)O)C1=C2C=C4C5=[N+](CCC4OC2CCN13)c1cc2c(cc1C5(C)C)-c1ccc(CC(=O)CCC(C)S(=O)(=O)O)cc1C2(C)C)S(=O)(=O)O. The van der Waals surface area contributed by atoms with Crippen molar-refractivity contribution in [2.24, 2.45) is 0 Å². The van der Waals surface area contributed by atoms with Gasteiger partial charge in [-0.05, 0) is 152 Å². The molecule has 0 bridgehead atoms. The number of benzene rings is 4. The topological polar surface area (TPSA) is 196 Å². The molecule has 418 valence electrons. The van der Waals surface area contributed by atoms with Crippen molar-refractivity contribution in [3.63, 3.8) is 0 Å². The molecule has 0 fully saturated rings. The maximum Gasteiger partial charge on any atom is 0.303 e. The van der Waals surface area contributed by atoms with Gasteiger partial charge >= 0.3 is 5.97 Å². The second-order valence-electron chi connectivity index (χ2n) is 25.7. The minimum absolute atomic E-state index is 0.0591. The number of ketones is 2. The Balaban J connectivity index is 0.944. The average Bonchev–Trinajstić information content (AvgIpc) is 2.20. The molecule has 0 amide bonds. The summed E-state index contributed by atoms with van der Waals surface area (Å²) < 4.78 is 75.2. The van der Waals surface area contributed by atoms with Crippen molar-refractivity contribution < 1.29 is 54.7 Å². The van der Waals surface area contributed by atoms with Crippen molar-refractivity contribution in [3.8, 4) is 22.3 Å². The highest BCUT2D eigenvalue weighted by Gasteiger charge is 2.56. The van der Waals surface area contributed by atoms with Crippen molar-refractivity contribution in [2.75, 3.05) is 18.0 Å². The van der Waals surface area contributed by atoms with Crippen LogP contribution in [0.2, 0.25) is 0 Å². The number of fused-ring (bicyclic) bond motifs is 14. The largest absolute Gasteiger partial charge is 0.481 e. The fourth-order valence-corrected chi connectivity index (χ4v) is 15.6. The molecule has 5 atom stereocenters. The van der Waals surface area contributed by atoms with Crippen LogP contribution in [0, 0.1) is 0 Å². The minimum atomic E-state index is -4.21. The van der Waals surface area contributed by atoms with Gasteiger partial charge in [0.1, 0.15) is 11.6 Å². The molecular weight excluding hydrogens is 1040 g/mol. The molecule has 4 aromatic carbocycles. The molecule has 7 aliphatic rings. The summed E-state index contributed by atoms with van der Waals surface area (Å²) in [5.74, 6) is -0.918. The Labute approximate surface area is 465 Å². The Morgan fingerprint density at radius 3 is 1.75 bits per heavy atom. The molecule has 5 aliphatic heterocycles. The Hall–Kier alpha value is -5.58. The van der Waals surface area contributed by atoms with E-state index in [4.69, 9.17) is 4.74 Å². The number of carbonyl (C=O) groups excluding carboxylic acids is 2. The van der Waals surface area contributed by atoms with Crippen LogP contribution in [0.1, 0.15) is 177 Å². The quantitative estimate of drug-likeness (QED) is 0.0485. The van der Waals surface area contributed by atoms with Crippen LogP contribution in [-0.4, -0.2) is 94.7 Å². The van der Waals surface area contributed by atoms with Crippen LogP contribution in [0.25, 0.3) is 22.3 Å². The average molecular weight is 1110 g/mol. The van der Waals surface area contributed by atoms with Gasteiger partial charge in [-0.1, -0.05) is 76.9 Å². The van der Waals surface area contributed by atoms with Crippen LogP contribution in [0.5, 0.6) is 0 Å². The van der Waals surface area contributed by atoms with E-state index >= 15 is 0 Å². The van der Waals surface area contributed by atoms with Crippen LogP contribution < -0.4 is 4.90 Å². The van der Waals surface area contributed by atoms with Gasteiger partial charge in [-0.25, -0.2) is 0 Å². The summed E-state index contributed by atoms with van der Waals surface area (Å²) in [6.07, 6.45) is 7.92. The fourth-order valence-electron chi connectivity index (χ4n) is 14.8. The minimum Gasteiger partial charge on any atom is -0.481 e. The zero-order valence-corrected chi connectivity index (χ0v) is 48.7. The number of aliphatic carboxylic acids is 1. The number of unbranched alkanes of at least 4 members (excludes halogenated alkanes) is 2. The second kappa shape index (κ2) is 19.3. The predicted octanol–water partition coefficient (Wildman–Crippen LogP) is 11.6. The Bertz CT molecular complexity index is 3660. The van der Waals surface area contributed by atoms with Gasteiger partial charge in [-0.3, -0.25) is 23.5 Å². The van der Waals surface area contributed by atoms with E-state index in [1.807, 2.05) is 12.1 Å². The van der Waals surface area contributed by atoms with Gasteiger partial charge in [0.25, 0.3) is 20.2 Å². The van der Waals surface area contributed by atoms with E-state index in [2.05, 4.69) is 113 Å². The number of carboxylic acid groups (broad SMARTS) is 1. The van der Waals surface area contributed by atoms with E-state index in [1.165, 1.54) is 81.2 Å². The van der Waals surface area contributed by atoms with Crippen molar-refractivity contribution in [1.29, 1.82) is 0 Å². The zero-order valence-electron chi connectivity index (χ0n) is 47.1. The van der Waals surface area contributed by atoms with Crippen molar-refractivity contribution in [2.45, 2.75) is 190 Å². The van der Waals surface area contributed by atoms with Crippen LogP contribution in [0.3, 0.4) is 0 Å². The molecule has 0 aromatic heterocycles. The molecule has 13 nitrogen and oxygen atoms in total. The van der Waals surface area contributed by atoms with Gasteiger partial charge in [0.15, 0.2) is 12.3 Å². The third kappa shape index (κ3) is 9.21. The lowest BCUT2D eigenvalue weighted by molar-refractivity contribution is -0.445. The highest BCUT2D eigenvalue weighted by molar-refractivity contribution is 7.86. The lowest BCUT2D eigenvalue weighted by Crippen LogP contribution is -2.47. The summed E-state index contributed by atoms with van der Waals surface area (Å²) in [5, 5.41) is 7.55. The highest BCUT2D eigenvalue weighted by Crippen LogP contribution is 2.61. The third-order valence-electron chi connectivity index (χ3n) is 19.4. The molecule has 5 heterocycles. The molecule has 0 spiro atoms. The summed E-state index contributed by atoms with van der Waals surface area (Å²) in [6.45, 7) is 20.5. The molecule has 0 saturated heterocycles. The number of allylic oxidation sites excluding steroid dienone is 1. The molecule has 0 saturated carbocycles. The molecule has 0 radical (unpaired) electrons. The maximum atomic E-state index is 13.2. The molecule has 11 rings (SSSR count). The summed E-state index contributed by atoms with van der Waals surface area (Å²) in [4.78, 5) is 40.4. The number of carboxylic acids is 1. The standard InChI is InChI=1S/C64H74N2O11S2/c1-36(78(71,72)73)14-18-40(67)27-38-16-20-42-44-32-52-54(34-50(44)61(3,4)48(42)29-38)65-25-22-56-46(59(65)63(52,7)8)31-47-57(77-56)23-26-66-55-35-51-45(33-53(55)64(9,60(47)66)24-12-10-11-13-58(69)70)43-21-17-39(30-49(43)62(51,5)6)28-41(68)19-15-37(2)79(74,75)76/h16-17,20-21,29-37,56-57H,10-15,18-19,22-28H2,1-9H3,(H2-,69,70,71,72,73,74,75,76)/p+1. The van der Waals surface area contributed by atoms with E-state index in [0.29, 0.717) is 6.42 Å². The highest BCUT2D eigenvalue weighted by atomic mass is 32.2. The lowest BCUT2D eigenvalue weighted by Gasteiger charge is -2.43. The number of hydrogen-bond acceptors (Lipinski definition) is 9. The van der Waals surface area contributed by atoms with E-state index in [1.54, 1.807) is 0 Å². The molecule has 79 heavy (non-hydrogen) atoms. The van der Waals surface area contributed by atoms with Gasteiger partial charge in [-0.15, -0.1) is 0 Å². The predicted molar refractivity (Wildman–Crippen MR) is 307 cm³/mol. The number of anilines is 1. The Kier molecular flexibility index (Phi) is 13.5. The molecular formula is C64H75N2O11S2+. The first-order valence-electron chi connectivity index (χ1n) is 28.4. The first-order chi connectivity index (χ1) is 37.0. The normalized spacial score (nSPS) is 23.0. The van der Waals surface area contributed by atoms with E-state index in [0.717, 1.165) is 78.6 Å². The van der Waals surface area contributed by atoms with Crippen molar-refractivity contribution in [3.05, 3.63) is 128 Å². The Morgan fingerprint density at radius 1 is 0.646 bits per heavy atom. The fraction of sp³-hybridized carbons (Fsp3) is 0.500. The van der Waals surface area contributed by atoms with Gasteiger partial charge < -0.3 is 14.7 Å². The molecule has 4 aromatic rings. The van der Waals surface area contributed by atoms with Crippen LogP contribution in [0.15, 0.2) is 83.6 Å². The first-order valence-corrected chi connectivity index (χ1v) is 31.4. The number of hydrogen-bond donors (Lipinski definition) is 3. The van der Waals surface area contributed by atoms with Gasteiger partial charge in [0.05, 0.1) is 28.1 Å². The monoisotopic (exact) mass is 1110 g/mol. The second-order valence-corrected chi connectivity index (χ2v) is 29.3. The number of Topliss-reactive ketones (excluding diaryl/α,β-unsaturated/α-hetero) is 2. The van der Waals surface area contributed by atoms with Crippen LogP contribution in [0.4, 0.5) is 11.4 Å². The summed E-state index contributed by atoms with van der Waals surface area (Å²) in [5.41, 5.74) is 19.6. The molecule has 15 heteroatoms. The van der Waals surface area contributed by atoms with E-state index in [-0.39, 0.29) is 85.0 Å². The van der Waals surface area contributed by atoms with E-state index < -0.39 is 42.1 Å². The zero-order chi connectivity index (χ0) is 56.7. The number of nitrogens with zero attached hydrogens (tertiary/aromatic N) is 2. The van der Waals surface area contributed by atoms with Crippen LogP contribution in [-0.2, 0) is 73.9 Å². The molecule has 3 N–H and O–H groups in total. The van der Waals surface area contributed by atoms with Crippen molar-refractivity contribution in [1.82, 2.24) is 0 Å². The number of carbonyl (C=O) groups is 3. The van der Waals surface area contributed by atoms with Gasteiger partial charge in [0.2, 0.25) is 5.69 Å². The van der Waals surface area contributed by atoms with Crippen LogP contribution >= 0.6 is 0 Å². The maximum absolute atomic E-state index is 13.2. The molecule has 2 aliphatic carbocycles. The lowest BCUT2D eigenvalue weighted by atomic mass is 9.71. The van der Waals surface area contributed by atoms with E-state index in [9.17, 15) is 45.4 Å². The summed E-state index contributed by atoms with van der Waals surface area (Å²) in [7, 11) is -8.41. The number of ether oxygens (including phenoxy) is 1. The Morgan fingerprint density at radius 2 is 1.19 bits per heavy atom. The third-order valence-corrected chi connectivity index (χ3v) is 21.9.